The lowest BCUT2D eigenvalue weighted by Crippen LogP contribution is -2.21. The Bertz CT molecular complexity index is 87.3. The van der Waals surface area contributed by atoms with Gasteiger partial charge in [-0.15, -0.1) is 0 Å². The molecule has 0 radical (unpaired) electrons. The predicted molar refractivity (Wildman–Crippen MR) is 59.7 cm³/mol. The second-order valence-electron chi connectivity index (χ2n) is 3.42. The maximum atomic E-state index is 5.31. The molecule has 1 N–H and O–H groups in total. The van der Waals surface area contributed by atoms with Crippen LogP contribution in [0.1, 0.15) is 32.6 Å². The fourth-order valence-electron chi connectivity index (χ4n) is 1.19. The minimum atomic E-state index is 0.691. The van der Waals surface area contributed by atoms with Crippen LogP contribution in [0.2, 0.25) is 0 Å². The largest absolute Gasteiger partial charge is 0.382 e. The van der Waals surface area contributed by atoms with Crippen molar-refractivity contribution in [3.8, 4) is 0 Å². The first-order chi connectivity index (χ1) is 6.91. The first kappa shape index (κ1) is 13.9. The van der Waals surface area contributed by atoms with Gasteiger partial charge in [0.25, 0.3) is 0 Å². The molecule has 0 heterocycles. The summed E-state index contributed by atoms with van der Waals surface area (Å²) in [5, 5.41) is 3.36. The molecule has 0 fully saturated rings. The molecule has 0 amide bonds. The third kappa shape index (κ3) is 11.9. The highest BCUT2D eigenvalue weighted by Crippen LogP contribution is 1.96. The average molecular weight is 203 g/mol. The molecule has 0 aromatic heterocycles. The molecule has 0 aliphatic carbocycles. The number of ether oxygens (including phenoxy) is 2. The van der Waals surface area contributed by atoms with Gasteiger partial charge in [0.15, 0.2) is 0 Å². The Morgan fingerprint density at radius 3 is 2.50 bits per heavy atom. The first-order valence-electron chi connectivity index (χ1n) is 5.69. The van der Waals surface area contributed by atoms with Crippen molar-refractivity contribution >= 4 is 0 Å². The summed E-state index contributed by atoms with van der Waals surface area (Å²) in [5.74, 6) is 0. The zero-order valence-corrected chi connectivity index (χ0v) is 9.68. The topological polar surface area (TPSA) is 30.5 Å². The summed E-state index contributed by atoms with van der Waals surface area (Å²) in [6.45, 7) is 6.49. The molecule has 0 rings (SSSR count). The van der Waals surface area contributed by atoms with E-state index in [1.807, 2.05) is 0 Å². The standard InChI is InChI=1S/C11H25NO2/c1-3-4-5-6-7-12-8-9-14-11-10-13-2/h12H,3-11H2,1-2H3. The van der Waals surface area contributed by atoms with E-state index in [0.717, 1.165) is 19.7 Å². The summed E-state index contributed by atoms with van der Waals surface area (Å²) in [7, 11) is 1.69. The van der Waals surface area contributed by atoms with Gasteiger partial charge >= 0.3 is 0 Å². The highest BCUT2D eigenvalue weighted by molar-refractivity contribution is 4.47. The predicted octanol–water partition coefficient (Wildman–Crippen LogP) is 1.82. The van der Waals surface area contributed by atoms with Crippen molar-refractivity contribution in [1.29, 1.82) is 0 Å². The molecule has 0 aliphatic heterocycles. The molecule has 0 aromatic rings. The monoisotopic (exact) mass is 203 g/mol. The smallest absolute Gasteiger partial charge is 0.0700 e. The SMILES string of the molecule is CCCCCCNCCOCCOC. The van der Waals surface area contributed by atoms with Gasteiger partial charge in [-0.2, -0.15) is 0 Å². The van der Waals surface area contributed by atoms with E-state index >= 15 is 0 Å². The van der Waals surface area contributed by atoms with Crippen LogP contribution in [0, 0.1) is 0 Å². The van der Waals surface area contributed by atoms with Gasteiger partial charge in [0.1, 0.15) is 0 Å². The average Bonchev–Trinajstić information content (AvgIpc) is 2.21. The molecular weight excluding hydrogens is 178 g/mol. The van der Waals surface area contributed by atoms with Crippen molar-refractivity contribution in [1.82, 2.24) is 5.32 Å². The van der Waals surface area contributed by atoms with E-state index in [0.29, 0.717) is 13.2 Å². The van der Waals surface area contributed by atoms with E-state index in [4.69, 9.17) is 9.47 Å². The second kappa shape index (κ2) is 12.9. The van der Waals surface area contributed by atoms with Crippen LogP contribution in [-0.4, -0.2) is 40.0 Å². The van der Waals surface area contributed by atoms with Crippen LogP contribution in [0.15, 0.2) is 0 Å². The van der Waals surface area contributed by atoms with Gasteiger partial charge in [0.05, 0.1) is 19.8 Å². The summed E-state index contributed by atoms with van der Waals surface area (Å²) in [6, 6.07) is 0. The van der Waals surface area contributed by atoms with Gasteiger partial charge in [0, 0.05) is 13.7 Å². The van der Waals surface area contributed by atoms with Crippen LogP contribution >= 0.6 is 0 Å². The highest BCUT2D eigenvalue weighted by atomic mass is 16.5. The van der Waals surface area contributed by atoms with Gasteiger partial charge in [-0.3, -0.25) is 0 Å². The zero-order chi connectivity index (χ0) is 10.5. The molecule has 0 bridgehead atoms. The molecule has 0 saturated carbocycles. The van der Waals surface area contributed by atoms with E-state index in [-0.39, 0.29) is 0 Å². The van der Waals surface area contributed by atoms with E-state index in [9.17, 15) is 0 Å². The summed E-state index contributed by atoms with van der Waals surface area (Å²) in [6.07, 6.45) is 5.28. The molecule has 0 spiro atoms. The Labute approximate surface area is 88.2 Å². The van der Waals surface area contributed by atoms with Crippen molar-refractivity contribution in [2.45, 2.75) is 32.6 Å². The summed E-state index contributed by atoms with van der Waals surface area (Å²) < 4.78 is 10.2. The Morgan fingerprint density at radius 2 is 1.79 bits per heavy atom. The van der Waals surface area contributed by atoms with Crippen LogP contribution in [-0.2, 0) is 9.47 Å². The van der Waals surface area contributed by atoms with E-state index in [1.54, 1.807) is 7.11 Å². The normalized spacial score (nSPS) is 10.7. The fourth-order valence-corrected chi connectivity index (χ4v) is 1.19. The van der Waals surface area contributed by atoms with Crippen molar-refractivity contribution in [3.05, 3.63) is 0 Å². The lowest BCUT2D eigenvalue weighted by molar-refractivity contribution is 0.0720. The first-order valence-corrected chi connectivity index (χ1v) is 5.69. The van der Waals surface area contributed by atoms with Crippen LogP contribution in [0.4, 0.5) is 0 Å². The molecule has 3 nitrogen and oxygen atoms in total. The van der Waals surface area contributed by atoms with Crippen molar-refractivity contribution < 1.29 is 9.47 Å². The number of methoxy groups -OCH3 is 1. The quantitative estimate of drug-likeness (QED) is 0.520. The highest BCUT2D eigenvalue weighted by Gasteiger charge is 1.89. The van der Waals surface area contributed by atoms with Crippen molar-refractivity contribution in [2.75, 3.05) is 40.0 Å². The third-order valence-corrected chi connectivity index (χ3v) is 2.06. The van der Waals surface area contributed by atoms with Crippen LogP contribution < -0.4 is 5.32 Å². The Kier molecular flexibility index (Phi) is 12.8. The van der Waals surface area contributed by atoms with Gasteiger partial charge in [-0.05, 0) is 13.0 Å². The number of rotatable bonds is 11. The minimum absolute atomic E-state index is 0.691. The van der Waals surface area contributed by atoms with Crippen molar-refractivity contribution in [3.63, 3.8) is 0 Å². The molecule has 3 heteroatoms. The van der Waals surface area contributed by atoms with Crippen LogP contribution in [0.5, 0.6) is 0 Å². The Morgan fingerprint density at radius 1 is 0.929 bits per heavy atom. The van der Waals surface area contributed by atoms with Gasteiger partial charge in [-0.25, -0.2) is 0 Å². The third-order valence-electron chi connectivity index (χ3n) is 2.06. The molecular formula is C11H25NO2. The summed E-state index contributed by atoms with van der Waals surface area (Å²) >= 11 is 0. The lowest BCUT2D eigenvalue weighted by atomic mass is 10.2. The van der Waals surface area contributed by atoms with E-state index < -0.39 is 0 Å². The Hall–Kier alpha value is -0.120. The number of hydrogen-bond donors (Lipinski definition) is 1. The fraction of sp³-hybridized carbons (Fsp3) is 1.00. The molecule has 0 unspecified atom stereocenters. The molecule has 14 heavy (non-hydrogen) atoms. The zero-order valence-electron chi connectivity index (χ0n) is 9.68. The maximum absolute atomic E-state index is 5.31. The lowest BCUT2D eigenvalue weighted by Gasteiger charge is -2.05. The van der Waals surface area contributed by atoms with Gasteiger partial charge in [0.2, 0.25) is 0 Å². The van der Waals surface area contributed by atoms with Crippen LogP contribution in [0.3, 0.4) is 0 Å². The second-order valence-corrected chi connectivity index (χ2v) is 3.42. The number of unbranched alkanes of at least 4 members (excludes halogenated alkanes) is 3. The minimum Gasteiger partial charge on any atom is -0.382 e. The Balaban J connectivity index is 2.78. The molecule has 0 aliphatic rings. The van der Waals surface area contributed by atoms with Gasteiger partial charge in [-0.1, -0.05) is 26.2 Å². The molecule has 0 saturated heterocycles. The van der Waals surface area contributed by atoms with Crippen LogP contribution in [0.25, 0.3) is 0 Å². The van der Waals surface area contributed by atoms with Gasteiger partial charge < -0.3 is 14.8 Å². The summed E-state index contributed by atoms with van der Waals surface area (Å²) in [4.78, 5) is 0. The van der Waals surface area contributed by atoms with E-state index in [1.165, 1.54) is 25.7 Å². The summed E-state index contributed by atoms with van der Waals surface area (Å²) in [5.41, 5.74) is 0. The van der Waals surface area contributed by atoms with Crippen molar-refractivity contribution in [2.24, 2.45) is 0 Å². The number of hydrogen-bond acceptors (Lipinski definition) is 3. The molecule has 0 atom stereocenters. The number of nitrogens with one attached hydrogen (secondary N) is 1. The maximum Gasteiger partial charge on any atom is 0.0700 e. The molecule has 0 aromatic carbocycles. The molecule has 86 valence electrons. The van der Waals surface area contributed by atoms with E-state index in [2.05, 4.69) is 12.2 Å².